The topological polar surface area (TPSA) is 329 Å². The van der Waals surface area contributed by atoms with E-state index in [1.807, 2.05) is 58.0 Å². The number of hydrogen-bond donors (Lipinski definition) is 7. The summed E-state index contributed by atoms with van der Waals surface area (Å²) >= 11 is 0. The molecule has 0 aliphatic heterocycles. The van der Waals surface area contributed by atoms with E-state index in [1.165, 1.54) is 72.9 Å². The molecule has 30 heteroatoms. The number of para-hydroxylation sites is 1. The number of benzene rings is 6. The Morgan fingerprint density at radius 1 is 0.394 bits per heavy atom. The van der Waals surface area contributed by atoms with Crippen LogP contribution in [0.5, 0.6) is 0 Å². The number of carbonyl (C=O) groups is 7. The number of Topliss-reactive ketones (excluding diaryl/α,β-unsaturated/α-hetero) is 1. The third kappa shape index (κ3) is 20.7. The second-order valence-electron chi connectivity index (χ2n) is 33.7. The van der Waals surface area contributed by atoms with E-state index in [0.717, 1.165) is 147 Å². The molecule has 127 heavy (non-hydrogen) atoms. The Kier molecular flexibility index (Phi) is 27.7. The van der Waals surface area contributed by atoms with Crippen molar-refractivity contribution in [3.05, 3.63) is 273 Å². The fourth-order valence-electron chi connectivity index (χ4n) is 19.7. The van der Waals surface area contributed by atoms with E-state index in [2.05, 4.69) is 30.3 Å². The van der Waals surface area contributed by atoms with Crippen LogP contribution in [-0.2, 0) is 55.4 Å². The summed E-state index contributed by atoms with van der Waals surface area (Å²) in [6.45, 7) is 8.52. The molecule has 0 spiro atoms. The molecule has 2 unspecified atom stereocenters. The number of nitrogens with one attached hydrogen (secondary N) is 3. The summed E-state index contributed by atoms with van der Waals surface area (Å²) in [6.07, 6.45) is 14.6. The van der Waals surface area contributed by atoms with E-state index in [9.17, 15) is 88.7 Å². The number of sulfonamides is 1. The highest BCUT2D eigenvalue weighted by Gasteiger charge is 2.36. The Labute approximate surface area is 728 Å². The van der Waals surface area contributed by atoms with Crippen LogP contribution in [-0.4, -0.2) is 122 Å². The first-order valence-corrected chi connectivity index (χ1v) is 44.0. The molecule has 13 aromatic rings. The van der Waals surface area contributed by atoms with Gasteiger partial charge in [-0.1, -0.05) is 36.4 Å². The number of aliphatic carboxylic acids is 4. The molecule has 2 atom stereocenters. The molecule has 4 aliphatic carbocycles. The summed E-state index contributed by atoms with van der Waals surface area (Å²) in [5.74, 6) is -6.22. The van der Waals surface area contributed by atoms with Crippen LogP contribution in [0.2, 0.25) is 0 Å². The monoisotopic (exact) mass is 1760 g/mol. The SMILES string of the molecule is Cc1c(C2CCC(CC(=O)c3ccc4ccccc4n3)C2)c2cc(F)ccc2n1CC(=O)O.Cc1c(C2CCC(NC(=O)c3cc(F)ccn3)CC2)c2cc(F)ccc2n1CC(=O)O.Cc1c(C2CCC(NC(=O)c3ccccn3)CC2)c2cc(F)ccc2n1CC(=O)O.Cc1ccc(S(=O)(=O)NC2CCC(c3c(C)n(CC(=O)O)c4ccc(F)cc34)CC2)c(F)c1. The number of pyridine rings is 3. The number of ketones is 1. The Balaban J connectivity index is 0.000000137. The number of amides is 2. The fraction of sp³-hybridized carbons (Fsp3) is 0.340. The van der Waals surface area contributed by atoms with Gasteiger partial charge in [-0.2, -0.15) is 0 Å². The molecule has 0 radical (unpaired) electrons. The van der Waals surface area contributed by atoms with E-state index in [0.29, 0.717) is 78.3 Å². The van der Waals surface area contributed by atoms with Crippen molar-refractivity contribution in [2.45, 2.75) is 210 Å². The molecule has 23 nitrogen and oxygen atoms in total. The standard InChI is InChI=1S/C27H25FN2O3.C24H26F2N2O4S.C23H23F2N3O3.C23H24FN3O3/c1-16-27(21-14-20(28)9-11-24(21)30(16)15-26(32)33)19-7-6-17(12-19)13-25(31)23-10-8-18-4-2-3-5-22(18)29-23;1-14-3-10-22(20(26)11-14)33(31,32)27-18-7-4-16(5-8-18)24-15(2)28(13-23(29)30)21-9-6-17(25)12-19(21)24;1-13-22(18-10-15(24)4-7-20(18)28(13)12-21(29)30)14-2-5-17(6-3-14)27-23(31)19-11-16(25)8-9-26-19;1-14-22(18-12-16(24)7-10-20(18)27(14)13-21(28)29)15-5-8-17(9-6-15)26-23(30)19-4-2-3-11-25-19/h2-5,8-11,14,17,19H,6-7,12-13,15H2,1H3,(H,32,33);3,6,9-12,16,18,27H,4-5,7-8,13H2,1-2H3,(H,29,30);4,7-11,14,17H,2-3,5-6,12H2,1H3,(H,27,31)(H,29,30);2-4,7,10-12,15,17H,5-6,8-9,13H2,1H3,(H,26,30)(H,28,29). The number of halogens is 6. The highest BCUT2D eigenvalue weighted by Crippen LogP contribution is 2.47. The summed E-state index contributed by atoms with van der Waals surface area (Å²) < 4.78 is 119. The van der Waals surface area contributed by atoms with Crippen molar-refractivity contribution in [2.75, 3.05) is 0 Å². The lowest BCUT2D eigenvalue weighted by atomic mass is 9.80. The predicted molar refractivity (Wildman–Crippen MR) is 468 cm³/mol. The number of aryl methyl sites for hydroxylation is 1. The van der Waals surface area contributed by atoms with Gasteiger partial charge in [0.2, 0.25) is 10.0 Å². The highest BCUT2D eigenvalue weighted by atomic mass is 32.2. The van der Waals surface area contributed by atoms with Crippen molar-refractivity contribution < 1.29 is 88.7 Å². The molecule has 0 saturated heterocycles. The van der Waals surface area contributed by atoms with E-state index in [1.54, 1.807) is 86.0 Å². The molecule has 17 rings (SSSR count). The van der Waals surface area contributed by atoms with Gasteiger partial charge in [0.25, 0.3) is 11.8 Å². The van der Waals surface area contributed by atoms with Crippen LogP contribution in [0.3, 0.4) is 0 Å². The minimum atomic E-state index is -3.99. The number of fused-ring (bicyclic) bond motifs is 5. The maximum absolute atomic E-state index is 14.2. The van der Waals surface area contributed by atoms with Crippen LogP contribution in [0.25, 0.3) is 54.5 Å². The van der Waals surface area contributed by atoms with Gasteiger partial charge in [0.05, 0.1) is 5.52 Å². The molecule has 4 fully saturated rings. The number of carboxylic acid groups (broad SMARTS) is 4. The zero-order valence-electron chi connectivity index (χ0n) is 70.7. The minimum Gasteiger partial charge on any atom is -0.480 e. The van der Waals surface area contributed by atoms with Gasteiger partial charge in [-0.05, 0) is 304 Å². The van der Waals surface area contributed by atoms with Crippen LogP contribution in [0.15, 0.2) is 175 Å². The van der Waals surface area contributed by atoms with Gasteiger partial charge in [0, 0.05) is 115 Å². The predicted octanol–water partition coefficient (Wildman–Crippen LogP) is 18.7. The maximum Gasteiger partial charge on any atom is 0.323 e. The van der Waals surface area contributed by atoms with Crippen molar-refractivity contribution in [1.82, 2.24) is 48.6 Å². The Morgan fingerprint density at radius 3 is 1.20 bits per heavy atom. The van der Waals surface area contributed by atoms with Crippen molar-refractivity contribution >= 4 is 106 Å². The zero-order valence-corrected chi connectivity index (χ0v) is 71.5. The zero-order chi connectivity index (χ0) is 90.4. The lowest BCUT2D eigenvalue weighted by Crippen LogP contribution is -2.37. The lowest BCUT2D eigenvalue weighted by Gasteiger charge is -2.29. The van der Waals surface area contributed by atoms with Gasteiger partial charge in [0.15, 0.2) is 5.78 Å². The molecule has 662 valence electrons. The second-order valence-corrected chi connectivity index (χ2v) is 35.4. The van der Waals surface area contributed by atoms with E-state index < -0.39 is 57.3 Å². The minimum absolute atomic E-state index is 0.0428. The van der Waals surface area contributed by atoms with Gasteiger partial charge >= 0.3 is 23.9 Å². The first kappa shape index (κ1) is 90.4. The highest BCUT2D eigenvalue weighted by molar-refractivity contribution is 7.89. The first-order chi connectivity index (χ1) is 60.7. The van der Waals surface area contributed by atoms with Crippen molar-refractivity contribution in [3.63, 3.8) is 0 Å². The van der Waals surface area contributed by atoms with Crippen LogP contribution in [0.1, 0.15) is 208 Å². The number of carboxylic acids is 4. The van der Waals surface area contributed by atoms with Gasteiger partial charge in [0.1, 0.15) is 83.1 Å². The van der Waals surface area contributed by atoms with Gasteiger partial charge in [-0.15, -0.1) is 0 Å². The summed E-state index contributed by atoms with van der Waals surface area (Å²) in [5, 5.41) is 47.2. The second kappa shape index (κ2) is 39.0. The largest absolute Gasteiger partial charge is 0.480 e. The van der Waals surface area contributed by atoms with E-state index >= 15 is 0 Å². The van der Waals surface area contributed by atoms with E-state index in [-0.39, 0.29) is 114 Å². The van der Waals surface area contributed by atoms with Crippen molar-refractivity contribution in [2.24, 2.45) is 5.92 Å². The molecule has 7 heterocycles. The average Bonchev–Trinajstić information content (AvgIpc) is 1.32. The van der Waals surface area contributed by atoms with Crippen LogP contribution in [0.4, 0.5) is 26.3 Å². The molecule has 7 N–H and O–H groups in total. The fourth-order valence-corrected chi connectivity index (χ4v) is 21.0. The molecular weight excluding hydrogens is 1660 g/mol. The normalized spacial score (nSPS) is 18.8. The molecule has 6 aromatic carbocycles. The summed E-state index contributed by atoms with van der Waals surface area (Å²) in [5.41, 5.74) is 12.6. The maximum atomic E-state index is 14.2. The molecule has 4 saturated carbocycles. The lowest BCUT2D eigenvalue weighted by molar-refractivity contribution is -0.138. The van der Waals surface area contributed by atoms with Crippen LogP contribution in [0, 0.1) is 75.4 Å². The van der Waals surface area contributed by atoms with Crippen molar-refractivity contribution in [1.29, 1.82) is 0 Å². The molecule has 0 bridgehead atoms. The molecule has 7 aromatic heterocycles. The summed E-state index contributed by atoms with van der Waals surface area (Å²) in [7, 11) is -3.99. The molecule has 2 amide bonds. The van der Waals surface area contributed by atoms with Crippen molar-refractivity contribution in [3.8, 4) is 0 Å². The molecular formula is C97H98F6N10O13S. The average molecular weight is 1760 g/mol. The smallest absolute Gasteiger partial charge is 0.323 e. The van der Waals surface area contributed by atoms with Crippen LogP contribution >= 0.6 is 0 Å². The number of hydrogen-bond acceptors (Lipinski definition) is 12. The van der Waals surface area contributed by atoms with E-state index in [4.69, 9.17) is 0 Å². The van der Waals surface area contributed by atoms with Crippen LogP contribution < -0.4 is 15.4 Å². The summed E-state index contributed by atoms with van der Waals surface area (Å²) in [4.78, 5) is 95.3. The third-order valence-electron chi connectivity index (χ3n) is 25.4. The number of rotatable bonds is 22. The van der Waals surface area contributed by atoms with Gasteiger partial charge in [-0.25, -0.2) is 44.5 Å². The van der Waals surface area contributed by atoms with Gasteiger partial charge < -0.3 is 49.3 Å². The Hall–Kier alpha value is -12.8. The number of carbonyl (C=O) groups excluding carboxylic acids is 3. The Bertz CT molecular complexity index is 6500. The summed E-state index contributed by atoms with van der Waals surface area (Å²) in [6, 6.07) is 40.6. The number of nitrogens with zero attached hydrogens (tertiary/aromatic N) is 7. The van der Waals surface area contributed by atoms with Gasteiger partial charge in [-0.3, -0.25) is 43.5 Å². The number of aromatic nitrogens is 7. The quantitative estimate of drug-likeness (QED) is 0.0245. The third-order valence-corrected chi connectivity index (χ3v) is 27.0. The molecule has 4 aliphatic rings. The first-order valence-electron chi connectivity index (χ1n) is 42.6. The Morgan fingerprint density at radius 2 is 0.787 bits per heavy atom.